The molecule has 0 spiro atoms. The third-order valence-corrected chi connectivity index (χ3v) is 9.16. The molecule has 0 aliphatic carbocycles. The Kier molecular flexibility index (Phi) is 13.5. The largest absolute Gasteiger partial charge is 0.466 e. The lowest BCUT2D eigenvalue weighted by molar-refractivity contribution is -0.202. The van der Waals surface area contributed by atoms with Crippen LogP contribution in [-0.4, -0.2) is 79.2 Å². The summed E-state index contributed by atoms with van der Waals surface area (Å²) in [5, 5.41) is 4.77. The number of esters is 3. The normalized spacial score (nSPS) is 16.1. The first kappa shape index (κ1) is 41.1. The van der Waals surface area contributed by atoms with E-state index in [0.29, 0.717) is 26.4 Å². The average Bonchev–Trinajstić information content (AvgIpc) is 3.55. The Morgan fingerprint density at radius 2 is 1.45 bits per heavy atom. The molecule has 4 atom stereocenters. The Bertz CT molecular complexity index is 1720. The van der Waals surface area contributed by atoms with Gasteiger partial charge in [0, 0.05) is 30.6 Å². The molecule has 1 fully saturated rings. The Morgan fingerprint density at radius 3 is 2.08 bits per heavy atom. The summed E-state index contributed by atoms with van der Waals surface area (Å²) in [6.07, 6.45) is -1.76. The molecule has 0 saturated carbocycles. The lowest BCUT2D eigenvalue weighted by atomic mass is 9.87. The van der Waals surface area contributed by atoms with Crippen molar-refractivity contribution in [3.05, 3.63) is 77.9 Å². The maximum absolute atomic E-state index is 14.5. The molecule has 1 heterocycles. The average molecular weight is 732 g/mol. The summed E-state index contributed by atoms with van der Waals surface area (Å²) in [6, 6.07) is 20.2. The van der Waals surface area contributed by atoms with Crippen molar-refractivity contribution >= 4 is 40.5 Å². The van der Waals surface area contributed by atoms with Crippen LogP contribution >= 0.6 is 0 Å². The summed E-state index contributed by atoms with van der Waals surface area (Å²) in [5.41, 5.74) is 1.32. The first-order valence-corrected chi connectivity index (χ1v) is 18.5. The molecule has 11 heteroatoms. The Balaban J connectivity index is 1.60. The molecule has 1 N–H and O–H groups in total. The first-order valence-electron chi connectivity index (χ1n) is 18.5. The molecule has 0 radical (unpaired) electrons. The molecule has 3 aromatic rings. The van der Waals surface area contributed by atoms with Crippen LogP contribution in [0.25, 0.3) is 10.8 Å². The molecule has 0 bridgehead atoms. The number of benzene rings is 3. The predicted molar refractivity (Wildman–Crippen MR) is 205 cm³/mol. The molecule has 0 aromatic heterocycles. The van der Waals surface area contributed by atoms with E-state index in [9.17, 15) is 19.2 Å². The van der Waals surface area contributed by atoms with Crippen LogP contribution < -0.4 is 10.2 Å². The Hall–Kier alpha value is -4.64. The highest BCUT2D eigenvalue weighted by Crippen LogP contribution is 2.33. The Morgan fingerprint density at radius 1 is 0.811 bits per heavy atom. The van der Waals surface area contributed by atoms with Crippen molar-refractivity contribution in [1.29, 1.82) is 0 Å². The van der Waals surface area contributed by atoms with Crippen LogP contribution in [0.3, 0.4) is 0 Å². The molecular weight excluding hydrogens is 674 g/mol. The number of amides is 1. The van der Waals surface area contributed by atoms with Crippen LogP contribution in [0.1, 0.15) is 86.3 Å². The molecule has 11 nitrogen and oxygen atoms in total. The molecule has 4 rings (SSSR count). The van der Waals surface area contributed by atoms with Crippen molar-refractivity contribution < 1.29 is 38.1 Å². The van der Waals surface area contributed by atoms with E-state index in [1.54, 1.807) is 27.7 Å². The minimum atomic E-state index is -1.21. The van der Waals surface area contributed by atoms with Crippen molar-refractivity contribution in [3.63, 3.8) is 0 Å². The van der Waals surface area contributed by atoms with Crippen LogP contribution in [0.5, 0.6) is 0 Å². The molecule has 3 aromatic carbocycles. The van der Waals surface area contributed by atoms with Gasteiger partial charge in [-0.3, -0.25) is 14.5 Å². The SMILES string of the molecule is CCOC(=O)Cc1ccc(N2CCN([C@@H](C(=O)OC(OC(=O)[C@@H](NC(=O)OC(C)(C)C)C(C)(C)C)C(C)C)[C@H](C)c3cccc4ccccc34)C2)cc1. The number of alkyl carbamates (subject to hydrolysis) is 1. The van der Waals surface area contributed by atoms with Crippen molar-refractivity contribution in [2.75, 3.05) is 31.3 Å². The third-order valence-electron chi connectivity index (χ3n) is 9.16. The molecule has 1 saturated heterocycles. The van der Waals surface area contributed by atoms with E-state index < -0.39 is 47.4 Å². The second-order valence-corrected chi connectivity index (χ2v) is 16.1. The third kappa shape index (κ3) is 11.2. The van der Waals surface area contributed by atoms with Crippen molar-refractivity contribution in [3.8, 4) is 0 Å². The van der Waals surface area contributed by atoms with Gasteiger partial charge in [0.15, 0.2) is 0 Å². The van der Waals surface area contributed by atoms with Gasteiger partial charge in [-0.2, -0.15) is 0 Å². The standard InChI is InChI=1S/C42H57N3O8/c1-11-50-34(46)25-29-19-21-31(22-20-29)44-23-24-45(26-44)35(28(4)32-18-14-16-30-15-12-13-17-33(30)32)37(47)51-39(27(2)3)52-38(48)36(41(5,6)7)43-40(49)53-42(8,9)10/h12-22,27-28,35-36,39H,11,23-26H2,1-10H3,(H,43,49)/t28-,35-,36-,39?/m1/s1. The fourth-order valence-electron chi connectivity index (χ4n) is 6.46. The van der Waals surface area contributed by atoms with E-state index in [4.69, 9.17) is 18.9 Å². The number of anilines is 1. The summed E-state index contributed by atoms with van der Waals surface area (Å²) in [5.74, 6) is -2.21. The van der Waals surface area contributed by atoms with E-state index >= 15 is 0 Å². The molecule has 1 aliphatic heterocycles. The van der Waals surface area contributed by atoms with Crippen LogP contribution in [-0.2, 0) is 39.8 Å². The Labute approximate surface area is 314 Å². The number of carbonyl (C=O) groups is 4. The molecule has 1 unspecified atom stereocenters. The number of hydrogen-bond donors (Lipinski definition) is 1. The maximum atomic E-state index is 14.5. The summed E-state index contributed by atoms with van der Waals surface area (Å²) in [6.45, 7) is 20.1. The van der Waals surface area contributed by atoms with Gasteiger partial charge >= 0.3 is 24.0 Å². The topological polar surface area (TPSA) is 124 Å². The first-order chi connectivity index (χ1) is 24.9. The molecule has 53 heavy (non-hydrogen) atoms. The zero-order valence-corrected chi connectivity index (χ0v) is 32.9. The minimum absolute atomic E-state index is 0.200. The van der Waals surface area contributed by atoms with Gasteiger partial charge in [-0.25, -0.2) is 9.59 Å². The van der Waals surface area contributed by atoms with Crippen molar-refractivity contribution in [1.82, 2.24) is 10.2 Å². The predicted octanol–water partition coefficient (Wildman–Crippen LogP) is 7.21. The maximum Gasteiger partial charge on any atom is 0.408 e. The van der Waals surface area contributed by atoms with Crippen LogP contribution in [0.15, 0.2) is 66.7 Å². The number of ether oxygens (including phenoxy) is 4. The van der Waals surface area contributed by atoms with Gasteiger partial charge in [0.1, 0.15) is 17.7 Å². The number of hydrogen-bond acceptors (Lipinski definition) is 10. The summed E-state index contributed by atoms with van der Waals surface area (Å²) < 4.78 is 22.6. The monoisotopic (exact) mass is 731 g/mol. The second-order valence-electron chi connectivity index (χ2n) is 16.1. The minimum Gasteiger partial charge on any atom is -0.466 e. The van der Waals surface area contributed by atoms with Gasteiger partial charge in [-0.05, 0) is 67.1 Å². The second kappa shape index (κ2) is 17.5. The van der Waals surface area contributed by atoms with Gasteiger partial charge < -0.3 is 29.2 Å². The molecule has 288 valence electrons. The highest BCUT2D eigenvalue weighted by Gasteiger charge is 2.41. The number of nitrogens with zero attached hydrogens (tertiary/aromatic N) is 2. The zero-order chi connectivity index (χ0) is 39.1. The smallest absolute Gasteiger partial charge is 0.408 e. The summed E-state index contributed by atoms with van der Waals surface area (Å²) >= 11 is 0. The molecule has 1 amide bonds. The van der Waals surface area contributed by atoms with Crippen LogP contribution in [0.2, 0.25) is 0 Å². The van der Waals surface area contributed by atoms with Gasteiger partial charge in [-0.1, -0.05) is 96.1 Å². The van der Waals surface area contributed by atoms with E-state index in [2.05, 4.69) is 21.2 Å². The molecular formula is C42H57N3O8. The van der Waals surface area contributed by atoms with Gasteiger partial charge in [0.25, 0.3) is 0 Å². The van der Waals surface area contributed by atoms with Crippen LogP contribution in [0, 0.1) is 11.3 Å². The van der Waals surface area contributed by atoms with Gasteiger partial charge in [0.2, 0.25) is 6.29 Å². The number of rotatable bonds is 13. The highest BCUT2D eigenvalue weighted by atomic mass is 16.7. The van der Waals surface area contributed by atoms with Crippen molar-refractivity contribution in [2.45, 2.75) is 106 Å². The van der Waals surface area contributed by atoms with E-state index in [-0.39, 0.29) is 24.2 Å². The van der Waals surface area contributed by atoms with E-state index in [1.165, 1.54) is 0 Å². The quantitative estimate of drug-likeness (QED) is 0.110. The zero-order valence-electron chi connectivity index (χ0n) is 32.9. The van der Waals surface area contributed by atoms with Crippen LogP contribution in [0.4, 0.5) is 10.5 Å². The number of fused-ring (bicyclic) bond motifs is 1. The number of nitrogens with one attached hydrogen (secondary N) is 1. The number of carbonyl (C=O) groups excluding carboxylic acids is 4. The van der Waals surface area contributed by atoms with E-state index in [0.717, 1.165) is 27.6 Å². The highest BCUT2D eigenvalue weighted by molar-refractivity contribution is 5.88. The van der Waals surface area contributed by atoms with E-state index in [1.807, 2.05) is 102 Å². The molecule has 1 aliphatic rings. The summed E-state index contributed by atoms with van der Waals surface area (Å²) in [7, 11) is 0. The van der Waals surface area contributed by atoms with Gasteiger partial charge in [-0.15, -0.1) is 0 Å². The lowest BCUT2D eigenvalue weighted by Gasteiger charge is -2.35. The fourth-order valence-corrected chi connectivity index (χ4v) is 6.46. The summed E-state index contributed by atoms with van der Waals surface area (Å²) in [4.78, 5) is 57.2. The lowest BCUT2D eigenvalue weighted by Crippen LogP contribution is -2.53. The van der Waals surface area contributed by atoms with Gasteiger partial charge in [0.05, 0.1) is 19.7 Å². The van der Waals surface area contributed by atoms with Crippen molar-refractivity contribution in [2.24, 2.45) is 11.3 Å². The fraction of sp³-hybridized carbons (Fsp3) is 0.524.